The Bertz CT molecular complexity index is 566. The van der Waals surface area contributed by atoms with Gasteiger partial charge in [0.15, 0.2) is 6.23 Å². The van der Waals surface area contributed by atoms with Crippen LogP contribution in [0.5, 0.6) is 0 Å². The molecule has 1 heterocycles. The molecule has 0 bridgehead atoms. The van der Waals surface area contributed by atoms with Crippen molar-refractivity contribution in [1.29, 1.82) is 0 Å². The number of rotatable bonds is 2. The highest BCUT2D eigenvalue weighted by Gasteiger charge is 2.24. The van der Waals surface area contributed by atoms with Crippen LogP contribution in [-0.2, 0) is 11.3 Å². The van der Waals surface area contributed by atoms with Crippen LogP contribution >= 0.6 is 0 Å². The van der Waals surface area contributed by atoms with Crippen molar-refractivity contribution in [2.45, 2.75) is 12.8 Å². The molecule has 2 aromatic carbocycles. The zero-order chi connectivity index (χ0) is 12.4. The van der Waals surface area contributed by atoms with Crippen LogP contribution in [-0.4, -0.2) is 5.97 Å². The van der Waals surface area contributed by atoms with Gasteiger partial charge in [0, 0.05) is 12.1 Å². The Labute approximate surface area is 105 Å². The molecular weight excluding hydrogens is 226 g/mol. The molecule has 0 aliphatic carbocycles. The highest BCUT2D eigenvalue weighted by molar-refractivity contribution is 5.89. The summed E-state index contributed by atoms with van der Waals surface area (Å²) in [5.74, 6) is -0.301. The van der Waals surface area contributed by atoms with Crippen LogP contribution in [0.1, 0.15) is 27.7 Å². The quantitative estimate of drug-likeness (QED) is 0.819. The van der Waals surface area contributed by atoms with E-state index in [0.717, 1.165) is 12.1 Å². The Hall–Kier alpha value is -2.13. The molecule has 0 aromatic heterocycles. The van der Waals surface area contributed by atoms with Crippen molar-refractivity contribution in [3.63, 3.8) is 0 Å². The lowest BCUT2D eigenvalue weighted by atomic mass is 10.1. The fourth-order valence-corrected chi connectivity index (χ4v) is 2.12. The number of hydrogen-bond donors (Lipinski definition) is 1. The fourth-order valence-electron chi connectivity index (χ4n) is 2.12. The predicted octanol–water partition coefficient (Wildman–Crippen LogP) is 2.65. The van der Waals surface area contributed by atoms with Crippen molar-refractivity contribution in [3.8, 4) is 0 Å². The van der Waals surface area contributed by atoms with Gasteiger partial charge in [-0.1, -0.05) is 42.5 Å². The average molecular weight is 239 g/mol. The Morgan fingerprint density at radius 3 is 2.61 bits per heavy atom. The lowest BCUT2D eigenvalue weighted by Gasteiger charge is -2.13. The van der Waals surface area contributed by atoms with E-state index in [4.69, 9.17) is 4.74 Å². The molecule has 1 unspecified atom stereocenters. The van der Waals surface area contributed by atoms with Crippen LogP contribution in [0.3, 0.4) is 0 Å². The molecule has 0 saturated carbocycles. The summed E-state index contributed by atoms with van der Waals surface area (Å²) in [5.41, 5.74) is 2.80. The van der Waals surface area contributed by atoms with Gasteiger partial charge in [0.2, 0.25) is 0 Å². The number of ether oxygens (including phenoxy) is 1. The smallest absolute Gasteiger partial charge is 0.339 e. The van der Waals surface area contributed by atoms with Crippen molar-refractivity contribution in [2.24, 2.45) is 0 Å². The molecule has 1 aliphatic heterocycles. The van der Waals surface area contributed by atoms with Gasteiger partial charge in [-0.2, -0.15) is 0 Å². The van der Waals surface area contributed by atoms with E-state index in [-0.39, 0.29) is 12.2 Å². The molecule has 1 atom stereocenters. The van der Waals surface area contributed by atoms with E-state index in [1.54, 1.807) is 12.1 Å². The van der Waals surface area contributed by atoms with Gasteiger partial charge >= 0.3 is 5.97 Å². The van der Waals surface area contributed by atoms with Crippen molar-refractivity contribution < 1.29 is 9.53 Å². The van der Waals surface area contributed by atoms with Gasteiger partial charge in [-0.3, -0.25) is 5.32 Å². The molecule has 2 aromatic rings. The molecule has 3 nitrogen and oxygen atoms in total. The van der Waals surface area contributed by atoms with Crippen LogP contribution < -0.4 is 5.32 Å². The van der Waals surface area contributed by atoms with E-state index < -0.39 is 0 Å². The predicted molar refractivity (Wildman–Crippen MR) is 67.9 cm³/mol. The van der Waals surface area contributed by atoms with Gasteiger partial charge in [0.05, 0.1) is 5.56 Å². The van der Waals surface area contributed by atoms with E-state index in [1.807, 2.05) is 42.5 Å². The van der Waals surface area contributed by atoms with Crippen molar-refractivity contribution in [3.05, 3.63) is 71.3 Å². The summed E-state index contributed by atoms with van der Waals surface area (Å²) in [6, 6.07) is 17.0. The topological polar surface area (TPSA) is 38.3 Å². The second kappa shape index (κ2) is 4.63. The molecule has 0 saturated heterocycles. The molecule has 3 rings (SSSR count). The molecule has 0 fully saturated rings. The minimum absolute atomic E-state index is 0.301. The van der Waals surface area contributed by atoms with Gasteiger partial charge < -0.3 is 4.74 Å². The highest BCUT2D eigenvalue weighted by atomic mass is 16.6. The van der Waals surface area contributed by atoms with Crippen LogP contribution in [0, 0.1) is 0 Å². The average Bonchev–Trinajstić information content (AvgIpc) is 2.83. The lowest BCUT2D eigenvalue weighted by molar-refractivity contribution is 0.0237. The van der Waals surface area contributed by atoms with Crippen molar-refractivity contribution >= 4 is 5.97 Å². The van der Waals surface area contributed by atoms with Crippen LogP contribution in [0.15, 0.2) is 54.6 Å². The van der Waals surface area contributed by atoms with Gasteiger partial charge in [0.25, 0.3) is 0 Å². The molecule has 0 amide bonds. The minimum Gasteiger partial charge on any atom is -0.439 e. The summed E-state index contributed by atoms with van der Waals surface area (Å²) in [6.45, 7) is 0.739. The van der Waals surface area contributed by atoms with Crippen LogP contribution in [0.25, 0.3) is 0 Å². The van der Waals surface area contributed by atoms with E-state index in [0.29, 0.717) is 5.56 Å². The SMILES string of the molecule is O=C(OC1NCc2ccccc21)c1ccccc1. The summed E-state index contributed by atoms with van der Waals surface area (Å²) in [5, 5.41) is 3.18. The van der Waals surface area contributed by atoms with E-state index in [1.165, 1.54) is 5.56 Å². The second-order valence-corrected chi connectivity index (χ2v) is 4.23. The third-order valence-corrected chi connectivity index (χ3v) is 3.05. The van der Waals surface area contributed by atoms with Gasteiger partial charge in [-0.25, -0.2) is 4.79 Å². The van der Waals surface area contributed by atoms with Crippen molar-refractivity contribution in [2.75, 3.05) is 0 Å². The number of benzene rings is 2. The van der Waals surface area contributed by atoms with Crippen molar-refractivity contribution in [1.82, 2.24) is 5.32 Å². The number of hydrogen-bond acceptors (Lipinski definition) is 3. The molecule has 3 heteroatoms. The molecule has 1 aliphatic rings. The van der Waals surface area contributed by atoms with E-state index >= 15 is 0 Å². The summed E-state index contributed by atoms with van der Waals surface area (Å²) < 4.78 is 5.47. The first-order valence-electron chi connectivity index (χ1n) is 5.92. The van der Waals surface area contributed by atoms with E-state index in [9.17, 15) is 4.79 Å². The molecule has 18 heavy (non-hydrogen) atoms. The Balaban J connectivity index is 1.77. The standard InChI is InChI=1S/C15H13NO2/c17-15(11-6-2-1-3-7-11)18-14-13-9-5-4-8-12(13)10-16-14/h1-9,14,16H,10H2. The van der Waals surface area contributed by atoms with Crippen LogP contribution in [0.2, 0.25) is 0 Å². The lowest BCUT2D eigenvalue weighted by Crippen LogP contribution is -2.19. The summed E-state index contributed by atoms with van der Waals surface area (Å²) >= 11 is 0. The molecule has 0 spiro atoms. The monoisotopic (exact) mass is 239 g/mol. The maximum absolute atomic E-state index is 11.9. The Morgan fingerprint density at radius 2 is 1.78 bits per heavy atom. The number of fused-ring (bicyclic) bond motifs is 1. The maximum atomic E-state index is 11.9. The summed E-state index contributed by atoms with van der Waals surface area (Å²) in [4.78, 5) is 11.9. The Kier molecular flexibility index (Phi) is 2.82. The maximum Gasteiger partial charge on any atom is 0.339 e. The number of carbonyl (C=O) groups is 1. The van der Waals surface area contributed by atoms with Gasteiger partial charge in [0.1, 0.15) is 0 Å². The number of nitrogens with one attached hydrogen (secondary N) is 1. The zero-order valence-corrected chi connectivity index (χ0v) is 9.80. The first-order chi connectivity index (χ1) is 8.84. The molecular formula is C15H13NO2. The zero-order valence-electron chi connectivity index (χ0n) is 9.80. The fraction of sp³-hybridized carbons (Fsp3) is 0.133. The number of carbonyl (C=O) groups excluding carboxylic acids is 1. The normalized spacial score (nSPS) is 17.2. The summed E-state index contributed by atoms with van der Waals surface area (Å²) in [6.07, 6.45) is -0.339. The largest absolute Gasteiger partial charge is 0.439 e. The van der Waals surface area contributed by atoms with E-state index in [2.05, 4.69) is 5.32 Å². The van der Waals surface area contributed by atoms with Gasteiger partial charge in [-0.05, 0) is 17.7 Å². The third kappa shape index (κ3) is 2.00. The first kappa shape index (κ1) is 11.0. The first-order valence-corrected chi connectivity index (χ1v) is 5.92. The minimum atomic E-state index is -0.339. The Morgan fingerprint density at radius 1 is 1.06 bits per heavy atom. The summed E-state index contributed by atoms with van der Waals surface area (Å²) in [7, 11) is 0. The number of esters is 1. The van der Waals surface area contributed by atoms with Crippen LogP contribution in [0.4, 0.5) is 0 Å². The van der Waals surface area contributed by atoms with Gasteiger partial charge in [-0.15, -0.1) is 0 Å². The molecule has 90 valence electrons. The second-order valence-electron chi connectivity index (χ2n) is 4.23. The highest BCUT2D eigenvalue weighted by Crippen LogP contribution is 2.26. The molecule has 1 N–H and O–H groups in total. The molecule has 0 radical (unpaired) electrons. The third-order valence-electron chi connectivity index (χ3n) is 3.05.